The Hall–Kier alpha value is 0.300. The van der Waals surface area contributed by atoms with E-state index in [9.17, 15) is 0 Å². The SMILES string of the molecule is N=S1(=N)CCN2C1=P2=S. The molecular weight excluding hydrogens is 173 g/mol. The third-order valence-corrected chi connectivity index (χ3v) is 7.39. The van der Waals surface area contributed by atoms with Gasteiger partial charge in [0, 0.05) is 18.8 Å². The number of hydrogen-bond donors (Lipinski definition) is 2. The fourth-order valence-electron chi connectivity index (χ4n) is 0.959. The molecule has 9 heavy (non-hydrogen) atoms. The molecule has 2 atom stereocenters. The minimum Gasteiger partial charge on any atom is -0.265 e. The Bertz CT molecular complexity index is 334. The molecule has 1 fully saturated rings. The molecule has 2 aliphatic rings. The maximum absolute atomic E-state index is 7.49. The maximum atomic E-state index is 7.49. The predicted molar refractivity (Wildman–Crippen MR) is 43.7 cm³/mol. The molecule has 6 heteroatoms. The van der Waals surface area contributed by atoms with E-state index in [1.54, 1.807) is 0 Å². The monoisotopic (exact) mass is 179 g/mol. The van der Waals surface area contributed by atoms with E-state index in [0.717, 1.165) is 17.0 Å². The summed E-state index contributed by atoms with van der Waals surface area (Å²) in [6.07, 6.45) is 0. The first kappa shape index (κ1) is 6.04. The average Bonchev–Trinajstić information content (AvgIpc) is 2.24. The molecule has 2 N–H and O–H groups in total. The molecule has 50 valence electrons. The van der Waals surface area contributed by atoms with Crippen molar-refractivity contribution in [2.75, 3.05) is 12.3 Å². The van der Waals surface area contributed by atoms with Crippen LogP contribution in [0.5, 0.6) is 0 Å². The van der Waals surface area contributed by atoms with Crippen molar-refractivity contribution in [1.29, 1.82) is 9.56 Å². The summed E-state index contributed by atoms with van der Waals surface area (Å²) in [5.41, 5.74) is 0. The number of nitrogens with one attached hydrogen (secondary N) is 2. The minimum atomic E-state index is -1.83. The quantitative estimate of drug-likeness (QED) is 0.544. The van der Waals surface area contributed by atoms with Gasteiger partial charge < -0.3 is 0 Å². The Balaban J connectivity index is 2.67. The molecule has 0 aliphatic carbocycles. The van der Waals surface area contributed by atoms with Gasteiger partial charge in [0.2, 0.25) is 0 Å². The molecule has 0 aromatic heterocycles. The molecule has 0 aromatic carbocycles. The fraction of sp³-hybridized carbons (Fsp3) is 0.667. The van der Waals surface area contributed by atoms with Crippen LogP contribution in [0.15, 0.2) is 0 Å². The van der Waals surface area contributed by atoms with Crippen LogP contribution in [0.2, 0.25) is 0 Å². The molecule has 0 radical (unpaired) electrons. The fourth-order valence-corrected chi connectivity index (χ4v) is 7.31. The van der Waals surface area contributed by atoms with Gasteiger partial charge in [-0.05, 0) is 21.4 Å². The van der Waals surface area contributed by atoms with Gasteiger partial charge in [0.05, 0.1) is 0 Å². The van der Waals surface area contributed by atoms with E-state index in [-0.39, 0.29) is 0 Å². The molecule has 0 amide bonds. The second-order valence-corrected chi connectivity index (χ2v) is 7.19. The van der Waals surface area contributed by atoms with Crippen molar-refractivity contribution >= 4 is 32.6 Å². The minimum absolute atomic E-state index is 0.501. The predicted octanol–water partition coefficient (Wildman–Crippen LogP) is 0.941. The van der Waals surface area contributed by atoms with Crippen molar-refractivity contribution < 1.29 is 0 Å². The highest BCUT2D eigenvalue weighted by Crippen LogP contribution is 2.43. The van der Waals surface area contributed by atoms with E-state index in [0.29, 0.717) is 0 Å². The standard InChI is InChI=1S/C3H6N3PS2/c4-9(5)2-1-6-3(9)7(6)8/h4-5H,1-2H2. The van der Waals surface area contributed by atoms with Gasteiger partial charge in [-0.1, -0.05) is 0 Å². The Morgan fingerprint density at radius 2 is 2.33 bits per heavy atom. The van der Waals surface area contributed by atoms with Crippen molar-refractivity contribution in [2.45, 2.75) is 0 Å². The van der Waals surface area contributed by atoms with Gasteiger partial charge in [0.25, 0.3) is 0 Å². The van der Waals surface area contributed by atoms with Crippen LogP contribution >= 0.6 is 6.47 Å². The normalized spacial score (nSPS) is 40.7. The number of hydrogen-bond acceptors (Lipinski definition) is 3. The number of rotatable bonds is 0. The van der Waals surface area contributed by atoms with Crippen LogP contribution in [0.4, 0.5) is 0 Å². The van der Waals surface area contributed by atoms with Gasteiger partial charge in [0.1, 0.15) is 4.75 Å². The van der Waals surface area contributed by atoms with E-state index in [1.807, 2.05) is 0 Å². The summed E-state index contributed by atoms with van der Waals surface area (Å²) in [5.74, 6) is 0.734. The third-order valence-electron chi connectivity index (χ3n) is 1.49. The summed E-state index contributed by atoms with van der Waals surface area (Å²) in [6.45, 7) is 0.395. The van der Waals surface area contributed by atoms with Crippen molar-refractivity contribution in [3.05, 3.63) is 0 Å². The lowest BCUT2D eigenvalue weighted by Gasteiger charge is -1.91. The summed E-state index contributed by atoms with van der Waals surface area (Å²) in [6, 6.07) is 0. The highest BCUT2D eigenvalue weighted by atomic mass is 32.4. The molecule has 2 unspecified atom stereocenters. The summed E-state index contributed by atoms with van der Waals surface area (Å²) < 4.78 is 18.0. The van der Waals surface area contributed by atoms with Crippen LogP contribution in [-0.4, -0.2) is 21.7 Å². The summed E-state index contributed by atoms with van der Waals surface area (Å²) in [4.78, 5) is 0. The van der Waals surface area contributed by atoms with Crippen LogP contribution in [-0.2, 0) is 21.4 Å². The molecule has 1 saturated heterocycles. The Morgan fingerprint density at radius 3 is 2.56 bits per heavy atom. The molecule has 3 nitrogen and oxygen atoms in total. The van der Waals surface area contributed by atoms with E-state index in [2.05, 4.69) is 4.67 Å². The molecular formula is C3H6N3PS2. The highest BCUT2D eigenvalue weighted by molar-refractivity contribution is 8.26. The zero-order valence-corrected chi connectivity index (χ0v) is 7.15. The Kier molecular flexibility index (Phi) is 0.992. The van der Waals surface area contributed by atoms with Gasteiger partial charge >= 0.3 is 0 Å². The van der Waals surface area contributed by atoms with Gasteiger partial charge in [-0.15, -0.1) is 0 Å². The van der Waals surface area contributed by atoms with Gasteiger partial charge in [-0.2, -0.15) is 0 Å². The first-order chi connectivity index (χ1) is 4.13. The maximum Gasteiger partial charge on any atom is 0.124 e. The molecule has 2 aliphatic heterocycles. The lowest BCUT2D eigenvalue weighted by Crippen LogP contribution is -1.98. The van der Waals surface area contributed by atoms with E-state index in [1.165, 1.54) is 0 Å². The van der Waals surface area contributed by atoms with Crippen molar-refractivity contribution in [2.24, 2.45) is 0 Å². The van der Waals surface area contributed by atoms with Crippen LogP contribution in [0.25, 0.3) is 0 Å². The molecule has 0 saturated carbocycles. The van der Waals surface area contributed by atoms with Crippen molar-refractivity contribution in [3.63, 3.8) is 0 Å². The first-order valence-electron chi connectivity index (χ1n) is 2.55. The van der Waals surface area contributed by atoms with Crippen molar-refractivity contribution in [1.82, 2.24) is 4.67 Å². The van der Waals surface area contributed by atoms with E-state index < -0.39 is 16.1 Å². The summed E-state index contributed by atoms with van der Waals surface area (Å²) in [7, 11) is -1.83. The smallest absolute Gasteiger partial charge is 0.124 e. The lowest BCUT2D eigenvalue weighted by atomic mass is 10.8. The number of nitrogens with zero attached hydrogens (tertiary/aromatic N) is 1. The Morgan fingerprint density at radius 1 is 1.67 bits per heavy atom. The Labute approximate surface area is 59.6 Å². The molecule has 2 heterocycles. The van der Waals surface area contributed by atoms with Gasteiger partial charge in [0.15, 0.2) is 0 Å². The number of fused-ring (bicyclic) bond motifs is 1. The highest BCUT2D eigenvalue weighted by Gasteiger charge is 2.39. The second kappa shape index (κ2) is 1.48. The van der Waals surface area contributed by atoms with Crippen LogP contribution < -0.4 is 0 Å². The molecule has 2 rings (SSSR count). The second-order valence-electron chi connectivity index (χ2n) is 2.12. The van der Waals surface area contributed by atoms with Gasteiger partial charge in [-0.25, -0.2) is 4.67 Å². The average molecular weight is 179 g/mol. The van der Waals surface area contributed by atoms with E-state index >= 15 is 0 Å². The van der Waals surface area contributed by atoms with Crippen molar-refractivity contribution in [3.8, 4) is 0 Å². The zero-order chi connectivity index (χ0) is 6.65. The summed E-state index contributed by atoms with van der Waals surface area (Å²) in [5, 5.41) is 0. The molecule has 0 spiro atoms. The first-order valence-corrected chi connectivity index (χ1v) is 6.66. The lowest BCUT2D eigenvalue weighted by molar-refractivity contribution is 0.792. The topological polar surface area (TPSA) is 50.7 Å². The van der Waals surface area contributed by atoms with Gasteiger partial charge in [-0.3, -0.25) is 9.56 Å². The molecule has 0 bridgehead atoms. The largest absolute Gasteiger partial charge is 0.265 e. The van der Waals surface area contributed by atoms with Crippen LogP contribution in [0, 0.1) is 9.56 Å². The third kappa shape index (κ3) is 0.662. The van der Waals surface area contributed by atoms with E-state index in [4.69, 9.17) is 21.4 Å². The van der Waals surface area contributed by atoms with Crippen LogP contribution in [0.1, 0.15) is 0 Å². The van der Waals surface area contributed by atoms with Crippen LogP contribution in [0.3, 0.4) is 0 Å². The zero-order valence-electron chi connectivity index (χ0n) is 4.63. The molecule has 0 aromatic rings. The summed E-state index contributed by atoms with van der Waals surface area (Å²) >= 11 is 5.01.